The van der Waals surface area contributed by atoms with E-state index in [9.17, 15) is 4.39 Å². The van der Waals surface area contributed by atoms with Gasteiger partial charge in [0.2, 0.25) is 0 Å². The van der Waals surface area contributed by atoms with Crippen LogP contribution in [0.25, 0.3) is 11.1 Å². The van der Waals surface area contributed by atoms with E-state index in [1.165, 1.54) is 6.07 Å². The summed E-state index contributed by atoms with van der Waals surface area (Å²) in [5.41, 5.74) is 2.25. The number of benzene rings is 2. The molecule has 0 aromatic heterocycles. The molecule has 0 aliphatic rings. The van der Waals surface area contributed by atoms with Crippen LogP contribution in [0.1, 0.15) is 25.5 Å². The minimum Gasteiger partial charge on any atom is -0.310 e. The van der Waals surface area contributed by atoms with Crippen molar-refractivity contribution in [3.63, 3.8) is 0 Å². The maximum Gasteiger partial charge on any atom is 0.132 e. The molecule has 0 heterocycles. The first-order chi connectivity index (χ1) is 9.52. The molecular weight excluding hydrogens is 296 g/mol. The molecule has 0 saturated carbocycles. The van der Waals surface area contributed by atoms with Crippen LogP contribution in [-0.2, 0) is 0 Å². The molecule has 0 bridgehead atoms. The molecular formula is C16H16Cl2FN. The van der Waals surface area contributed by atoms with Crippen molar-refractivity contribution in [3.05, 3.63) is 57.8 Å². The van der Waals surface area contributed by atoms with Crippen molar-refractivity contribution in [1.29, 1.82) is 0 Å². The van der Waals surface area contributed by atoms with E-state index in [1.807, 2.05) is 26.0 Å². The van der Waals surface area contributed by atoms with Crippen molar-refractivity contribution < 1.29 is 4.39 Å². The van der Waals surface area contributed by atoms with E-state index in [1.54, 1.807) is 18.2 Å². The maximum atomic E-state index is 13.9. The first kappa shape index (κ1) is 15.3. The Bertz CT molecular complexity index is 613. The molecule has 0 spiro atoms. The van der Waals surface area contributed by atoms with Gasteiger partial charge in [-0.1, -0.05) is 42.3 Å². The number of rotatable bonds is 4. The molecule has 0 radical (unpaired) electrons. The lowest BCUT2D eigenvalue weighted by Gasteiger charge is -2.15. The zero-order chi connectivity index (χ0) is 14.7. The van der Waals surface area contributed by atoms with Crippen LogP contribution in [0.3, 0.4) is 0 Å². The van der Waals surface area contributed by atoms with E-state index >= 15 is 0 Å². The third-order valence-corrected chi connectivity index (χ3v) is 3.78. The van der Waals surface area contributed by atoms with E-state index in [0.717, 1.165) is 17.7 Å². The Morgan fingerprint density at radius 3 is 2.50 bits per heavy atom. The van der Waals surface area contributed by atoms with Crippen molar-refractivity contribution in [2.75, 3.05) is 6.54 Å². The highest BCUT2D eigenvalue weighted by Gasteiger charge is 2.11. The van der Waals surface area contributed by atoms with Gasteiger partial charge in [0, 0.05) is 21.7 Å². The van der Waals surface area contributed by atoms with Crippen LogP contribution in [0.15, 0.2) is 36.4 Å². The third kappa shape index (κ3) is 3.32. The Labute approximate surface area is 128 Å². The standard InChI is InChI=1S/C16H16Cl2FN/c1-3-20-10(2)13-6-4-11(8-15(13)18)14-7-5-12(17)9-16(14)19/h4-10,20H,3H2,1-2H3. The van der Waals surface area contributed by atoms with Gasteiger partial charge in [-0.05, 0) is 48.9 Å². The molecule has 1 atom stereocenters. The summed E-state index contributed by atoms with van der Waals surface area (Å²) in [6.45, 7) is 4.96. The fourth-order valence-corrected chi connectivity index (χ4v) is 2.69. The van der Waals surface area contributed by atoms with Gasteiger partial charge in [0.05, 0.1) is 0 Å². The van der Waals surface area contributed by atoms with Crippen molar-refractivity contribution in [2.45, 2.75) is 19.9 Å². The number of hydrogen-bond acceptors (Lipinski definition) is 1. The van der Waals surface area contributed by atoms with E-state index < -0.39 is 0 Å². The van der Waals surface area contributed by atoms with Gasteiger partial charge in [0.25, 0.3) is 0 Å². The van der Waals surface area contributed by atoms with Gasteiger partial charge in [-0.25, -0.2) is 4.39 Å². The summed E-state index contributed by atoms with van der Waals surface area (Å²) in [6, 6.07) is 10.4. The maximum absolute atomic E-state index is 13.9. The number of hydrogen-bond donors (Lipinski definition) is 1. The van der Waals surface area contributed by atoms with Crippen molar-refractivity contribution in [2.24, 2.45) is 0 Å². The van der Waals surface area contributed by atoms with Gasteiger partial charge >= 0.3 is 0 Å². The molecule has 0 aliphatic heterocycles. The van der Waals surface area contributed by atoms with Crippen molar-refractivity contribution in [3.8, 4) is 11.1 Å². The molecule has 2 aromatic carbocycles. The average Bonchev–Trinajstić information content (AvgIpc) is 2.38. The summed E-state index contributed by atoms with van der Waals surface area (Å²) in [5.74, 6) is -0.346. The molecule has 2 rings (SSSR count). The van der Waals surface area contributed by atoms with E-state index in [-0.39, 0.29) is 11.9 Å². The molecule has 2 aromatic rings. The Balaban J connectivity index is 2.38. The average molecular weight is 312 g/mol. The largest absolute Gasteiger partial charge is 0.310 e. The summed E-state index contributed by atoms with van der Waals surface area (Å²) in [7, 11) is 0. The van der Waals surface area contributed by atoms with Crippen molar-refractivity contribution in [1.82, 2.24) is 5.32 Å². The quantitative estimate of drug-likeness (QED) is 0.789. The summed E-state index contributed by atoms with van der Waals surface area (Å²) in [6.07, 6.45) is 0. The highest BCUT2D eigenvalue weighted by molar-refractivity contribution is 6.32. The fraction of sp³-hybridized carbons (Fsp3) is 0.250. The molecule has 0 fully saturated rings. The summed E-state index contributed by atoms with van der Waals surface area (Å²) < 4.78 is 13.9. The summed E-state index contributed by atoms with van der Waals surface area (Å²) in [4.78, 5) is 0. The second kappa shape index (κ2) is 6.57. The van der Waals surface area contributed by atoms with E-state index in [0.29, 0.717) is 15.6 Å². The first-order valence-electron chi connectivity index (χ1n) is 6.51. The smallest absolute Gasteiger partial charge is 0.132 e. The van der Waals surface area contributed by atoms with Crippen LogP contribution in [0.5, 0.6) is 0 Å². The van der Waals surface area contributed by atoms with Gasteiger partial charge in [-0.15, -0.1) is 0 Å². The monoisotopic (exact) mass is 311 g/mol. The van der Waals surface area contributed by atoms with Crippen LogP contribution in [-0.4, -0.2) is 6.54 Å². The summed E-state index contributed by atoms with van der Waals surface area (Å²) in [5, 5.41) is 4.32. The lowest BCUT2D eigenvalue weighted by atomic mass is 10.0. The molecule has 20 heavy (non-hydrogen) atoms. The Hall–Kier alpha value is -1.09. The molecule has 0 amide bonds. The predicted octanol–water partition coefficient (Wildman–Crippen LogP) is 5.47. The molecule has 0 aliphatic carbocycles. The summed E-state index contributed by atoms with van der Waals surface area (Å²) >= 11 is 12.1. The SMILES string of the molecule is CCNC(C)c1ccc(-c2ccc(Cl)cc2F)cc1Cl. The molecule has 1 N–H and O–H groups in total. The second-order valence-electron chi connectivity index (χ2n) is 4.64. The first-order valence-corrected chi connectivity index (χ1v) is 7.26. The topological polar surface area (TPSA) is 12.0 Å². The highest BCUT2D eigenvalue weighted by atomic mass is 35.5. The van der Waals surface area contributed by atoms with Crippen LogP contribution < -0.4 is 5.32 Å². The Morgan fingerprint density at radius 2 is 1.90 bits per heavy atom. The van der Waals surface area contributed by atoms with Gasteiger partial charge in [-0.2, -0.15) is 0 Å². The Morgan fingerprint density at radius 1 is 1.15 bits per heavy atom. The fourth-order valence-electron chi connectivity index (χ4n) is 2.19. The number of nitrogens with one attached hydrogen (secondary N) is 1. The highest BCUT2D eigenvalue weighted by Crippen LogP contribution is 2.31. The predicted molar refractivity (Wildman–Crippen MR) is 83.9 cm³/mol. The third-order valence-electron chi connectivity index (χ3n) is 3.22. The van der Waals surface area contributed by atoms with Crippen molar-refractivity contribution >= 4 is 23.2 Å². The van der Waals surface area contributed by atoms with Crippen LogP contribution in [0.2, 0.25) is 10.0 Å². The minimum absolute atomic E-state index is 0.164. The van der Waals surface area contributed by atoms with Gasteiger partial charge in [0.15, 0.2) is 0 Å². The van der Waals surface area contributed by atoms with Gasteiger partial charge < -0.3 is 5.32 Å². The molecule has 4 heteroatoms. The number of halogens is 3. The normalized spacial score (nSPS) is 12.4. The van der Waals surface area contributed by atoms with Crippen LogP contribution in [0.4, 0.5) is 4.39 Å². The van der Waals surface area contributed by atoms with Gasteiger partial charge in [0.1, 0.15) is 5.82 Å². The molecule has 106 valence electrons. The zero-order valence-electron chi connectivity index (χ0n) is 11.4. The Kier molecular flexibility index (Phi) is 5.03. The van der Waals surface area contributed by atoms with E-state index in [2.05, 4.69) is 5.32 Å². The lowest BCUT2D eigenvalue weighted by molar-refractivity contribution is 0.598. The van der Waals surface area contributed by atoms with Crippen LogP contribution >= 0.6 is 23.2 Å². The van der Waals surface area contributed by atoms with Gasteiger partial charge in [-0.3, -0.25) is 0 Å². The minimum atomic E-state index is -0.346. The molecule has 1 nitrogen and oxygen atoms in total. The second-order valence-corrected chi connectivity index (χ2v) is 5.48. The lowest BCUT2D eigenvalue weighted by Crippen LogP contribution is -2.17. The van der Waals surface area contributed by atoms with E-state index in [4.69, 9.17) is 23.2 Å². The molecule has 0 saturated heterocycles. The molecule has 1 unspecified atom stereocenters. The zero-order valence-corrected chi connectivity index (χ0v) is 12.9. The van der Waals surface area contributed by atoms with Crippen LogP contribution in [0, 0.1) is 5.82 Å².